The van der Waals surface area contributed by atoms with Crippen LogP contribution >= 0.6 is 0 Å². The first-order chi connectivity index (χ1) is 28.2. The smallest absolute Gasteiger partial charge is 0.0727 e. The van der Waals surface area contributed by atoms with Crippen LogP contribution in [0.4, 0.5) is 22.7 Å². The highest BCUT2D eigenvalue weighted by atomic mass is 15.1. The number of hydrogen-bond acceptors (Lipinski definition) is 2. The summed E-state index contributed by atoms with van der Waals surface area (Å²) in [6.45, 7) is 6.34. The Labute approximate surface area is 335 Å². The van der Waals surface area contributed by atoms with Crippen LogP contribution in [-0.4, -0.2) is 13.1 Å². The van der Waals surface area contributed by atoms with Crippen LogP contribution in [0.3, 0.4) is 0 Å². The summed E-state index contributed by atoms with van der Waals surface area (Å²) in [7, 11) is 0. The number of fused-ring (bicyclic) bond motifs is 16. The predicted octanol–water partition coefficient (Wildman–Crippen LogP) is 13.5. The second-order valence-electron chi connectivity index (χ2n) is 16.1. The molecule has 2 heteroatoms. The molecule has 0 unspecified atom stereocenters. The second-order valence-corrected chi connectivity index (χ2v) is 16.1. The van der Waals surface area contributed by atoms with Crippen molar-refractivity contribution in [1.29, 1.82) is 0 Å². The Morgan fingerprint density at radius 2 is 0.754 bits per heavy atom. The first-order valence-corrected chi connectivity index (χ1v) is 20.6. The van der Waals surface area contributed by atoms with Gasteiger partial charge in [-0.05, 0) is 139 Å². The normalized spacial score (nSPS) is 13.9. The number of rotatable bonds is 6. The summed E-state index contributed by atoms with van der Waals surface area (Å²) in [6, 6.07) is 64.6. The molecule has 0 radical (unpaired) electrons. The first-order valence-electron chi connectivity index (χ1n) is 20.6. The van der Waals surface area contributed by atoms with Crippen molar-refractivity contribution < 1.29 is 0 Å². The third-order valence-corrected chi connectivity index (χ3v) is 13.5. The van der Waals surface area contributed by atoms with Gasteiger partial charge in [-0.3, -0.25) is 0 Å². The molecule has 0 bridgehead atoms. The molecule has 12 rings (SSSR count). The van der Waals surface area contributed by atoms with Crippen molar-refractivity contribution in [3.05, 3.63) is 214 Å². The standard InChI is InChI=1S/C55H42N2/c1-3-56(53-25-13-21-41-39-17-7-5-15-35(39)31-47(41)53)37-27-29-45-46-30-28-38(57(4-2)54-26-14-22-42-40-18-8-6-16-36(40)32-48(42)54)34-52(46)55(51(45)33-37)49-23-11-9-19-43(49)44-20-10-12-24-50(44)55/h5-30,33-34H,3-4,31-32H2,1-2H3. The Kier molecular flexibility index (Phi) is 6.96. The summed E-state index contributed by atoms with van der Waals surface area (Å²) in [6.07, 6.45) is 1.93. The van der Waals surface area contributed by atoms with Crippen molar-refractivity contribution in [2.24, 2.45) is 0 Å². The van der Waals surface area contributed by atoms with Gasteiger partial charge < -0.3 is 9.80 Å². The van der Waals surface area contributed by atoms with Gasteiger partial charge in [-0.2, -0.15) is 0 Å². The van der Waals surface area contributed by atoms with Gasteiger partial charge in [0.25, 0.3) is 0 Å². The minimum absolute atomic E-state index is 0.452. The molecule has 0 fully saturated rings. The zero-order valence-electron chi connectivity index (χ0n) is 32.4. The van der Waals surface area contributed by atoms with Gasteiger partial charge in [0.05, 0.1) is 5.41 Å². The second kappa shape index (κ2) is 12.2. The minimum Gasteiger partial charge on any atom is -0.342 e. The maximum Gasteiger partial charge on any atom is 0.0727 e. The van der Waals surface area contributed by atoms with Crippen LogP contribution < -0.4 is 9.80 Å². The average Bonchev–Trinajstić information content (AvgIpc) is 4.00. The van der Waals surface area contributed by atoms with Gasteiger partial charge in [0, 0.05) is 48.7 Å². The molecular formula is C55H42N2. The van der Waals surface area contributed by atoms with E-state index in [-0.39, 0.29) is 0 Å². The van der Waals surface area contributed by atoms with Crippen LogP contribution in [0.2, 0.25) is 0 Å². The van der Waals surface area contributed by atoms with Gasteiger partial charge >= 0.3 is 0 Å². The lowest BCUT2D eigenvalue weighted by molar-refractivity contribution is 0.792. The quantitative estimate of drug-likeness (QED) is 0.168. The third-order valence-electron chi connectivity index (χ3n) is 13.5. The van der Waals surface area contributed by atoms with E-state index in [1.807, 2.05) is 0 Å². The van der Waals surface area contributed by atoms with E-state index in [4.69, 9.17) is 0 Å². The van der Waals surface area contributed by atoms with Crippen LogP contribution in [0.15, 0.2) is 170 Å². The molecule has 0 atom stereocenters. The van der Waals surface area contributed by atoms with Crippen molar-refractivity contribution in [3.63, 3.8) is 0 Å². The van der Waals surface area contributed by atoms with E-state index < -0.39 is 5.41 Å². The first kappa shape index (κ1) is 32.6. The van der Waals surface area contributed by atoms with E-state index in [2.05, 4.69) is 194 Å². The average molecular weight is 731 g/mol. The van der Waals surface area contributed by atoms with Crippen molar-refractivity contribution in [3.8, 4) is 44.5 Å². The Hall–Kier alpha value is -6.64. The fraction of sp³-hybridized carbons (Fsp3) is 0.127. The van der Waals surface area contributed by atoms with Gasteiger partial charge in [-0.1, -0.05) is 133 Å². The number of anilines is 4. The van der Waals surface area contributed by atoms with Gasteiger partial charge in [0.1, 0.15) is 0 Å². The van der Waals surface area contributed by atoms with Gasteiger partial charge in [-0.25, -0.2) is 0 Å². The molecule has 4 aliphatic carbocycles. The van der Waals surface area contributed by atoms with Crippen molar-refractivity contribution in [1.82, 2.24) is 0 Å². The zero-order valence-corrected chi connectivity index (χ0v) is 32.4. The molecule has 0 heterocycles. The Morgan fingerprint density at radius 1 is 0.368 bits per heavy atom. The summed E-state index contributed by atoms with van der Waals surface area (Å²) in [5, 5.41) is 0. The third kappa shape index (κ3) is 4.36. The fourth-order valence-electron chi connectivity index (χ4n) is 11.2. The molecule has 1 spiro atoms. The minimum atomic E-state index is -0.452. The van der Waals surface area contributed by atoms with Crippen molar-refractivity contribution >= 4 is 22.7 Å². The van der Waals surface area contributed by atoms with Gasteiger partial charge in [-0.15, -0.1) is 0 Å². The maximum atomic E-state index is 2.55. The van der Waals surface area contributed by atoms with E-state index in [9.17, 15) is 0 Å². The van der Waals surface area contributed by atoms with E-state index in [1.165, 1.54) is 112 Å². The molecule has 8 aromatic rings. The molecule has 0 saturated heterocycles. The van der Waals surface area contributed by atoms with E-state index in [0.717, 1.165) is 25.9 Å². The largest absolute Gasteiger partial charge is 0.342 e. The van der Waals surface area contributed by atoms with E-state index >= 15 is 0 Å². The maximum absolute atomic E-state index is 2.55. The summed E-state index contributed by atoms with van der Waals surface area (Å²) in [5.74, 6) is 0. The predicted molar refractivity (Wildman–Crippen MR) is 237 cm³/mol. The molecule has 0 aromatic heterocycles. The Morgan fingerprint density at radius 3 is 1.21 bits per heavy atom. The highest BCUT2D eigenvalue weighted by molar-refractivity contribution is 5.97. The highest BCUT2D eigenvalue weighted by Crippen LogP contribution is 2.64. The number of hydrogen-bond donors (Lipinski definition) is 0. The molecule has 2 nitrogen and oxygen atoms in total. The molecule has 0 saturated carbocycles. The van der Waals surface area contributed by atoms with Crippen molar-refractivity contribution in [2.75, 3.05) is 22.9 Å². The Bertz CT molecular complexity index is 2770. The number of benzene rings is 8. The van der Waals surface area contributed by atoms with Crippen molar-refractivity contribution in [2.45, 2.75) is 32.1 Å². The molecule has 4 aliphatic rings. The van der Waals surface area contributed by atoms with Crippen LogP contribution in [-0.2, 0) is 18.3 Å². The lowest BCUT2D eigenvalue weighted by Gasteiger charge is -2.33. The lowest BCUT2D eigenvalue weighted by atomic mass is 9.70. The molecule has 0 amide bonds. The van der Waals surface area contributed by atoms with Crippen LogP contribution in [0.5, 0.6) is 0 Å². The molecule has 0 aliphatic heterocycles. The summed E-state index contributed by atoms with van der Waals surface area (Å²) >= 11 is 0. The summed E-state index contributed by atoms with van der Waals surface area (Å²) in [4.78, 5) is 5.10. The van der Waals surface area contributed by atoms with Gasteiger partial charge in [0.15, 0.2) is 0 Å². The van der Waals surface area contributed by atoms with Crippen LogP contribution in [0, 0.1) is 0 Å². The van der Waals surface area contributed by atoms with Crippen LogP contribution in [0.1, 0.15) is 58.4 Å². The number of nitrogens with zero attached hydrogens (tertiary/aromatic N) is 2. The van der Waals surface area contributed by atoms with Gasteiger partial charge in [0.2, 0.25) is 0 Å². The fourth-order valence-corrected chi connectivity index (χ4v) is 11.2. The molecular weight excluding hydrogens is 689 g/mol. The molecule has 8 aromatic carbocycles. The molecule has 0 N–H and O–H groups in total. The Balaban J connectivity index is 1.06. The lowest BCUT2D eigenvalue weighted by Crippen LogP contribution is -2.27. The molecule has 57 heavy (non-hydrogen) atoms. The molecule has 272 valence electrons. The monoisotopic (exact) mass is 730 g/mol. The van der Waals surface area contributed by atoms with E-state index in [1.54, 1.807) is 0 Å². The zero-order chi connectivity index (χ0) is 37.8. The van der Waals surface area contributed by atoms with E-state index in [0.29, 0.717) is 0 Å². The topological polar surface area (TPSA) is 6.48 Å². The van der Waals surface area contributed by atoms with Crippen LogP contribution in [0.25, 0.3) is 44.5 Å². The summed E-state index contributed by atoms with van der Waals surface area (Å²) in [5.41, 5.74) is 26.6. The SMILES string of the molecule is CCN(c1ccc2c(c1)C1(c3ccccc3-c3ccccc31)c1cc(N(CC)c3cccc4c3Cc3ccccc3-4)ccc1-2)c1cccc2c1Cc1ccccc1-2. The highest BCUT2D eigenvalue weighted by Gasteiger charge is 2.52. The summed E-state index contributed by atoms with van der Waals surface area (Å²) < 4.78 is 0.